The second kappa shape index (κ2) is 2.17. The van der Waals surface area contributed by atoms with Crippen molar-refractivity contribution in [2.75, 3.05) is 20.3 Å². The summed E-state index contributed by atoms with van der Waals surface area (Å²) in [4.78, 5) is 1.79. The largest absolute Gasteiger partial charge is 0.379 e. The Bertz CT molecular complexity index is 140. The molecule has 0 N–H and O–H groups in total. The highest BCUT2D eigenvalue weighted by Crippen LogP contribution is 2.33. The van der Waals surface area contributed by atoms with Gasteiger partial charge in [0.2, 0.25) is 0 Å². The van der Waals surface area contributed by atoms with Crippen molar-refractivity contribution in [1.29, 1.82) is 0 Å². The molecular formula is C7H12FNO. The summed E-state index contributed by atoms with van der Waals surface area (Å²) in [6, 6.07) is 0.356. The number of likely N-dealkylation sites (N-methyl/N-ethyl adjacent to an activating group) is 1. The molecule has 0 saturated carbocycles. The molecule has 0 aromatic carbocycles. The number of fused-ring (bicyclic) bond motifs is 1. The number of likely N-dealkylation sites (tertiary alicyclic amines) is 1. The van der Waals surface area contributed by atoms with Crippen LogP contribution in [0, 0.1) is 5.92 Å². The summed E-state index contributed by atoms with van der Waals surface area (Å²) in [6.07, 6.45) is -0.0554. The van der Waals surface area contributed by atoms with Crippen LogP contribution in [0.4, 0.5) is 4.39 Å². The van der Waals surface area contributed by atoms with Gasteiger partial charge in [-0.2, -0.15) is 0 Å². The average molecular weight is 145 g/mol. The summed E-state index contributed by atoms with van der Waals surface area (Å²) in [7, 11) is 1.84. The number of alkyl halides is 1. The van der Waals surface area contributed by atoms with Gasteiger partial charge in [0.25, 0.3) is 0 Å². The van der Waals surface area contributed by atoms with Crippen LogP contribution in [-0.2, 0) is 4.74 Å². The standard InChI is InChI=1S/C7H12FNO/c1-9-6-4-10-3-5(6)2-7(9)8/h5-7H,2-4H2,1H3/t5-,6+,7?/m1/s1. The molecule has 3 atom stereocenters. The van der Waals surface area contributed by atoms with Gasteiger partial charge in [0.1, 0.15) is 0 Å². The van der Waals surface area contributed by atoms with E-state index in [1.165, 1.54) is 0 Å². The molecule has 2 aliphatic rings. The first kappa shape index (κ1) is 6.55. The molecule has 0 aliphatic carbocycles. The van der Waals surface area contributed by atoms with E-state index in [1.807, 2.05) is 7.05 Å². The fourth-order valence-corrected chi connectivity index (χ4v) is 1.89. The highest BCUT2D eigenvalue weighted by molar-refractivity contribution is 4.90. The molecule has 0 amide bonds. The molecule has 0 aromatic rings. The predicted molar refractivity (Wildman–Crippen MR) is 35.4 cm³/mol. The van der Waals surface area contributed by atoms with Crippen molar-refractivity contribution >= 4 is 0 Å². The fourth-order valence-electron chi connectivity index (χ4n) is 1.89. The van der Waals surface area contributed by atoms with E-state index in [-0.39, 0.29) is 0 Å². The molecule has 10 heavy (non-hydrogen) atoms. The van der Waals surface area contributed by atoms with Crippen LogP contribution in [0.5, 0.6) is 0 Å². The molecule has 0 spiro atoms. The third-order valence-corrected chi connectivity index (χ3v) is 2.63. The van der Waals surface area contributed by atoms with Crippen LogP contribution < -0.4 is 0 Å². The summed E-state index contributed by atoms with van der Waals surface area (Å²) >= 11 is 0. The van der Waals surface area contributed by atoms with E-state index < -0.39 is 6.30 Å². The number of rotatable bonds is 0. The van der Waals surface area contributed by atoms with E-state index in [0.717, 1.165) is 13.2 Å². The van der Waals surface area contributed by atoms with Crippen molar-refractivity contribution in [3.8, 4) is 0 Å². The van der Waals surface area contributed by atoms with Gasteiger partial charge in [0.05, 0.1) is 13.2 Å². The Labute approximate surface area is 60.0 Å². The molecule has 2 aliphatic heterocycles. The van der Waals surface area contributed by atoms with E-state index >= 15 is 0 Å². The second-order valence-electron chi connectivity index (χ2n) is 3.20. The Kier molecular flexibility index (Phi) is 1.42. The number of nitrogens with zero attached hydrogens (tertiary/aromatic N) is 1. The topological polar surface area (TPSA) is 12.5 Å². The first-order chi connectivity index (χ1) is 4.79. The van der Waals surface area contributed by atoms with Crippen LogP contribution in [0.1, 0.15) is 6.42 Å². The Morgan fingerprint density at radius 2 is 2.30 bits per heavy atom. The maximum Gasteiger partial charge on any atom is 0.154 e. The maximum atomic E-state index is 12.9. The fraction of sp³-hybridized carbons (Fsp3) is 1.00. The quantitative estimate of drug-likeness (QED) is 0.464. The molecule has 58 valence electrons. The number of halogens is 1. The molecule has 2 rings (SSSR count). The smallest absolute Gasteiger partial charge is 0.154 e. The Morgan fingerprint density at radius 1 is 1.50 bits per heavy atom. The van der Waals surface area contributed by atoms with Crippen LogP contribution in [0.25, 0.3) is 0 Å². The van der Waals surface area contributed by atoms with Gasteiger partial charge in [-0.3, -0.25) is 4.90 Å². The molecule has 2 nitrogen and oxygen atoms in total. The minimum Gasteiger partial charge on any atom is -0.379 e. The predicted octanol–water partition coefficient (Wildman–Crippen LogP) is 0.632. The summed E-state index contributed by atoms with van der Waals surface area (Å²) in [5.74, 6) is 0.458. The minimum atomic E-state index is -0.723. The van der Waals surface area contributed by atoms with Crippen LogP contribution in [0.2, 0.25) is 0 Å². The van der Waals surface area contributed by atoms with Gasteiger partial charge in [-0.05, 0) is 13.5 Å². The van der Waals surface area contributed by atoms with Crippen LogP contribution in [0.3, 0.4) is 0 Å². The molecule has 3 heteroatoms. The summed E-state index contributed by atoms with van der Waals surface area (Å²) < 4.78 is 18.1. The van der Waals surface area contributed by atoms with Crippen LogP contribution >= 0.6 is 0 Å². The molecule has 2 saturated heterocycles. The summed E-state index contributed by atoms with van der Waals surface area (Å²) in [5.41, 5.74) is 0. The second-order valence-corrected chi connectivity index (χ2v) is 3.20. The summed E-state index contributed by atoms with van der Waals surface area (Å²) in [6.45, 7) is 1.48. The minimum absolute atomic E-state index is 0.356. The highest BCUT2D eigenvalue weighted by Gasteiger charge is 2.42. The zero-order chi connectivity index (χ0) is 7.14. The van der Waals surface area contributed by atoms with E-state index in [2.05, 4.69) is 0 Å². The van der Waals surface area contributed by atoms with Gasteiger partial charge in [0, 0.05) is 12.0 Å². The zero-order valence-corrected chi connectivity index (χ0v) is 6.09. The monoisotopic (exact) mass is 145 g/mol. The first-order valence-electron chi connectivity index (χ1n) is 3.73. The number of hydrogen-bond donors (Lipinski definition) is 0. The van der Waals surface area contributed by atoms with Crippen molar-refractivity contribution < 1.29 is 9.13 Å². The molecule has 0 bridgehead atoms. The lowest BCUT2D eigenvalue weighted by Crippen LogP contribution is -2.32. The average Bonchev–Trinajstić information content (AvgIpc) is 2.41. The van der Waals surface area contributed by atoms with Crippen molar-refractivity contribution in [1.82, 2.24) is 4.90 Å². The third-order valence-electron chi connectivity index (χ3n) is 2.63. The lowest BCUT2D eigenvalue weighted by Gasteiger charge is -2.17. The molecular weight excluding hydrogens is 133 g/mol. The molecule has 2 fully saturated rings. The van der Waals surface area contributed by atoms with Crippen molar-refractivity contribution in [3.05, 3.63) is 0 Å². The zero-order valence-electron chi connectivity index (χ0n) is 6.09. The Hall–Kier alpha value is -0.150. The van der Waals surface area contributed by atoms with Crippen molar-refractivity contribution in [2.24, 2.45) is 5.92 Å². The maximum absolute atomic E-state index is 12.9. The van der Waals surface area contributed by atoms with Gasteiger partial charge in [-0.15, -0.1) is 0 Å². The SMILES string of the molecule is CN1C(F)C[C@@H]2COC[C@@H]21. The Morgan fingerprint density at radius 3 is 3.00 bits per heavy atom. The van der Waals surface area contributed by atoms with Gasteiger partial charge in [-0.25, -0.2) is 4.39 Å². The number of ether oxygens (including phenoxy) is 1. The van der Waals surface area contributed by atoms with Gasteiger partial charge in [0.15, 0.2) is 6.30 Å². The number of hydrogen-bond acceptors (Lipinski definition) is 2. The van der Waals surface area contributed by atoms with Gasteiger partial charge >= 0.3 is 0 Å². The third kappa shape index (κ3) is 0.772. The first-order valence-corrected chi connectivity index (χ1v) is 3.73. The van der Waals surface area contributed by atoms with E-state index in [9.17, 15) is 4.39 Å². The lowest BCUT2D eigenvalue weighted by molar-refractivity contribution is 0.0837. The van der Waals surface area contributed by atoms with E-state index in [4.69, 9.17) is 4.74 Å². The highest BCUT2D eigenvalue weighted by atomic mass is 19.1. The Balaban J connectivity index is 2.09. The lowest BCUT2D eigenvalue weighted by atomic mass is 10.1. The van der Waals surface area contributed by atoms with Crippen LogP contribution in [0.15, 0.2) is 0 Å². The molecule has 2 heterocycles. The molecule has 0 radical (unpaired) electrons. The van der Waals surface area contributed by atoms with E-state index in [0.29, 0.717) is 18.4 Å². The van der Waals surface area contributed by atoms with E-state index in [1.54, 1.807) is 4.90 Å². The molecule has 0 aromatic heterocycles. The van der Waals surface area contributed by atoms with Crippen molar-refractivity contribution in [2.45, 2.75) is 18.8 Å². The van der Waals surface area contributed by atoms with Crippen molar-refractivity contribution in [3.63, 3.8) is 0 Å². The summed E-state index contributed by atoms with van der Waals surface area (Å²) in [5, 5.41) is 0. The van der Waals surface area contributed by atoms with Crippen LogP contribution in [-0.4, -0.2) is 37.5 Å². The van der Waals surface area contributed by atoms with Gasteiger partial charge in [-0.1, -0.05) is 0 Å². The normalized spacial score (nSPS) is 48.0. The molecule has 1 unspecified atom stereocenters. The van der Waals surface area contributed by atoms with Gasteiger partial charge < -0.3 is 4.74 Å².